The molecule has 0 spiro atoms. The number of carbonyl (C=O) groups is 4. The predicted molar refractivity (Wildman–Crippen MR) is 113 cm³/mol. The highest BCUT2D eigenvalue weighted by molar-refractivity contribution is 6.52. The number of anilines is 5. The minimum atomic E-state index is -0.831. The first-order valence-corrected chi connectivity index (χ1v) is 8.99. The number of amides is 5. The molecule has 4 rings (SSSR count). The molecule has 0 bridgehead atoms. The molecule has 31 heavy (non-hydrogen) atoms. The summed E-state index contributed by atoms with van der Waals surface area (Å²) in [7, 11) is 0. The summed E-state index contributed by atoms with van der Waals surface area (Å²) in [5.74, 6) is -1.61. The van der Waals surface area contributed by atoms with Crippen LogP contribution in [-0.2, 0) is 4.79 Å². The van der Waals surface area contributed by atoms with Gasteiger partial charge in [-0.2, -0.15) is 0 Å². The van der Waals surface area contributed by atoms with Gasteiger partial charge in [-0.05, 0) is 36.4 Å². The second-order valence-electron chi connectivity index (χ2n) is 6.37. The van der Waals surface area contributed by atoms with Crippen molar-refractivity contribution in [2.24, 2.45) is 0 Å². The number of fused-ring (bicyclic) bond motifs is 1. The molecule has 3 heterocycles. The van der Waals surface area contributed by atoms with Crippen molar-refractivity contribution in [2.75, 3.05) is 26.6 Å². The maximum absolute atomic E-state index is 12.4. The molecule has 0 saturated heterocycles. The molecule has 5 N–H and O–H groups in total. The van der Waals surface area contributed by atoms with Gasteiger partial charge in [0.05, 0.1) is 40.7 Å². The van der Waals surface area contributed by atoms with E-state index in [4.69, 9.17) is 0 Å². The monoisotopic (exact) mass is 417 g/mol. The molecule has 0 aliphatic carbocycles. The largest absolute Gasteiger partial charge is 0.323 e. The summed E-state index contributed by atoms with van der Waals surface area (Å²) < 4.78 is 0. The Labute approximate surface area is 175 Å². The van der Waals surface area contributed by atoms with Crippen LogP contribution in [0.15, 0.2) is 61.2 Å². The van der Waals surface area contributed by atoms with Gasteiger partial charge in [0.15, 0.2) is 0 Å². The van der Waals surface area contributed by atoms with Gasteiger partial charge in [0.1, 0.15) is 0 Å². The van der Waals surface area contributed by atoms with E-state index in [2.05, 4.69) is 36.6 Å². The highest BCUT2D eigenvalue weighted by atomic mass is 16.2. The van der Waals surface area contributed by atoms with Crippen LogP contribution in [0.3, 0.4) is 0 Å². The Kier molecular flexibility index (Phi) is 5.22. The highest BCUT2D eigenvalue weighted by Gasteiger charge is 2.31. The fraction of sp³-hybridized carbons (Fsp3) is 0. The lowest BCUT2D eigenvalue weighted by molar-refractivity contribution is -0.112. The third-order valence-corrected chi connectivity index (χ3v) is 4.17. The summed E-state index contributed by atoms with van der Waals surface area (Å²) in [5.41, 5.74) is 1.41. The SMILES string of the molecule is O=C(Nc1cccnc1)Nc1cc(NC(=O)Nc2cccnc2)c2c(c1)C(=O)C(=O)N2. The Morgan fingerprint density at radius 1 is 0.774 bits per heavy atom. The smallest absolute Gasteiger partial charge is 0.317 e. The molecule has 1 aliphatic heterocycles. The van der Waals surface area contributed by atoms with Crippen molar-refractivity contribution in [3.8, 4) is 0 Å². The van der Waals surface area contributed by atoms with E-state index in [-0.39, 0.29) is 22.6 Å². The average Bonchev–Trinajstić information content (AvgIpc) is 3.04. The van der Waals surface area contributed by atoms with Crippen molar-refractivity contribution >= 4 is 52.2 Å². The van der Waals surface area contributed by atoms with E-state index in [1.165, 1.54) is 24.5 Å². The van der Waals surface area contributed by atoms with E-state index in [1.54, 1.807) is 36.7 Å². The van der Waals surface area contributed by atoms with Crippen LogP contribution in [-0.4, -0.2) is 33.7 Å². The van der Waals surface area contributed by atoms with Crippen molar-refractivity contribution in [1.29, 1.82) is 0 Å². The summed E-state index contributed by atoms with van der Waals surface area (Å²) in [5, 5.41) is 12.7. The summed E-state index contributed by atoms with van der Waals surface area (Å²) in [6, 6.07) is 8.15. The number of benzene rings is 1. The molecule has 0 atom stereocenters. The van der Waals surface area contributed by atoms with Crippen LogP contribution in [0.5, 0.6) is 0 Å². The Bertz CT molecular complexity index is 1180. The molecule has 5 amide bonds. The zero-order chi connectivity index (χ0) is 21.8. The third-order valence-electron chi connectivity index (χ3n) is 4.17. The molecule has 154 valence electrons. The van der Waals surface area contributed by atoms with Crippen LogP contribution >= 0.6 is 0 Å². The van der Waals surface area contributed by atoms with Crippen molar-refractivity contribution in [1.82, 2.24) is 9.97 Å². The summed E-state index contributed by atoms with van der Waals surface area (Å²) >= 11 is 0. The Morgan fingerprint density at radius 3 is 1.94 bits per heavy atom. The Morgan fingerprint density at radius 2 is 1.35 bits per heavy atom. The van der Waals surface area contributed by atoms with E-state index in [0.717, 1.165) is 0 Å². The fourth-order valence-electron chi connectivity index (χ4n) is 2.87. The lowest BCUT2D eigenvalue weighted by Crippen LogP contribution is -2.21. The number of nitrogens with one attached hydrogen (secondary N) is 5. The molecular weight excluding hydrogens is 402 g/mol. The van der Waals surface area contributed by atoms with Crippen LogP contribution in [0.1, 0.15) is 10.4 Å². The van der Waals surface area contributed by atoms with Gasteiger partial charge in [0.2, 0.25) is 0 Å². The number of rotatable bonds is 4. The zero-order valence-corrected chi connectivity index (χ0v) is 15.8. The number of hydrogen-bond donors (Lipinski definition) is 5. The molecule has 1 aromatic carbocycles. The van der Waals surface area contributed by atoms with Crippen molar-refractivity contribution in [2.45, 2.75) is 0 Å². The van der Waals surface area contributed by atoms with E-state index >= 15 is 0 Å². The molecule has 11 heteroatoms. The quantitative estimate of drug-likeness (QED) is 0.411. The molecule has 0 fully saturated rings. The predicted octanol–water partition coefficient (Wildman–Crippen LogP) is 2.90. The molecular formula is C20H15N7O4. The summed E-state index contributed by atoms with van der Waals surface area (Å²) in [4.78, 5) is 56.4. The van der Waals surface area contributed by atoms with Gasteiger partial charge < -0.3 is 26.6 Å². The number of carbonyl (C=O) groups excluding carboxylic acids is 4. The van der Waals surface area contributed by atoms with Crippen LogP contribution in [0.25, 0.3) is 0 Å². The number of pyridine rings is 2. The summed E-state index contributed by atoms with van der Waals surface area (Å²) in [6.45, 7) is 0. The van der Waals surface area contributed by atoms with E-state index < -0.39 is 23.8 Å². The normalized spacial score (nSPS) is 11.9. The highest BCUT2D eigenvalue weighted by Crippen LogP contribution is 2.35. The Balaban J connectivity index is 1.56. The van der Waals surface area contributed by atoms with Gasteiger partial charge in [0.25, 0.3) is 11.7 Å². The van der Waals surface area contributed by atoms with Gasteiger partial charge in [-0.3, -0.25) is 19.6 Å². The van der Waals surface area contributed by atoms with E-state index in [1.807, 2.05) is 0 Å². The first-order chi connectivity index (χ1) is 15.0. The van der Waals surface area contributed by atoms with Gasteiger partial charge in [0, 0.05) is 18.1 Å². The Hall–Kier alpha value is -4.80. The summed E-state index contributed by atoms with van der Waals surface area (Å²) in [6.07, 6.45) is 6.04. The number of urea groups is 2. The van der Waals surface area contributed by atoms with Gasteiger partial charge in [-0.25, -0.2) is 9.59 Å². The van der Waals surface area contributed by atoms with Gasteiger partial charge in [-0.1, -0.05) is 0 Å². The van der Waals surface area contributed by atoms with Crippen molar-refractivity contribution in [3.63, 3.8) is 0 Å². The molecule has 11 nitrogen and oxygen atoms in total. The maximum atomic E-state index is 12.4. The number of hydrogen-bond acceptors (Lipinski definition) is 6. The average molecular weight is 417 g/mol. The molecule has 3 aromatic rings. The lowest BCUT2D eigenvalue weighted by Gasteiger charge is -2.14. The second-order valence-corrected chi connectivity index (χ2v) is 6.37. The van der Waals surface area contributed by atoms with Crippen LogP contribution in [0.4, 0.5) is 38.0 Å². The first-order valence-electron chi connectivity index (χ1n) is 8.99. The van der Waals surface area contributed by atoms with Gasteiger partial charge in [-0.15, -0.1) is 0 Å². The van der Waals surface area contributed by atoms with Crippen LogP contribution in [0.2, 0.25) is 0 Å². The minimum absolute atomic E-state index is 0.0286. The van der Waals surface area contributed by atoms with Crippen LogP contribution < -0.4 is 26.6 Å². The molecule has 0 unspecified atom stereocenters. The van der Waals surface area contributed by atoms with Crippen molar-refractivity contribution in [3.05, 3.63) is 66.7 Å². The minimum Gasteiger partial charge on any atom is -0.317 e. The van der Waals surface area contributed by atoms with Crippen LogP contribution in [0, 0.1) is 0 Å². The van der Waals surface area contributed by atoms with Gasteiger partial charge >= 0.3 is 12.1 Å². The fourth-order valence-corrected chi connectivity index (χ4v) is 2.87. The molecule has 1 aliphatic rings. The number of ketones is 1. The van der Waals surface area contributed by atoms with Crippen molar-refractivity contribution < 1.29 is 19.2 Å². The first kappa shape index (κ1) is 19.5. The van der Waals surface area contributed by atoms with E-state index in [0.29, 0.717) is 11.4 Å². The standard InChI is InChI=1S/C20H15N7O4/c28-17-14-7-13(25-19(30)23-11-3-1-5-21-9-11)8-15(16(14)27-18(17)29)26-20(31)24-12-4-2-6-22-10-12/h1-10H,(H2,23,25,30)(H2,24,26,31)(H,27,28,29). The molecule has 0 saturated carbocycles. The number of nitrogens with zero attached hydrogens (tertiary/aromatic N) is 2. The number of Topliss-reactive ketones (excluding diaryl/α,β-unsaturated/α-hetero) is 1. The van der Waals surface area contributed by atoms with E-state index in [9.17, 15) is 19.2 Å². The lowest BCUT2D eigenvalue weighted by atomic mass is 10.1. The molecule has 0 radical (unpaired) electrons. The zero-order valence-electron chi connectivity index (χ0n) is 15.8. The molecule has 2 aromatic heterocycles. The maximum Gasteiger partial charge on any atom is 0.323 e. The third kappa shape index (κ3) is 4.45. The number of aromatic nitrogens is 2. The topological polar surface area (TPSA) is 154 Å². The second kappa shape index (κ2) is 8.29.